The molecule has 1 fully saturated rings. The van der Waals surface area contributed by atoms with E-state index in [4.69, 9.17) is 11.1 Å². The van der Waals surface area contributed by atoms with Crippen molar-refractivity contribution in [2.24, 2.45) is 11.7 Å². The third-order valence-corrected chi connectivity index (χ3v) is 2.99. The van der Waals surface area contributed by atoms with Crippen molar-refractivity contribution in [2.45, 2.75) is 12.8 Å². The molecule has 0 bridgehead atoms. The minimum atomic E-state index is 0. The van der Waals surface area contributed by atoms with E-state index in [-0.39, 0.29) is 18.4 Å². The van der Waals surface area contributed by atoms with Gasteiger partial charge in [0.1, 0.15) is 0 Å². The number of halogens is 1. The SMILES string of the molecule is Cl.N=C(N)N1CCC(Cc2ccccc2)C1. The Morgan fingerprint density at radius 1 is 1.38 bits per heavy atom. The smallest absolute Gasteiger partial charge is 0.188 e. The van der Waals surface area contributed by atoms with Crippen LogP contribution in [0.3, 0.4) is 0 Å². The Kier molecular flexibility index (Phi) is 4.62. The number of nitrogens with one attached hydrogen (secondary N) is 1. The molecule has 1 aromatic rings. The van der Waals surface area contributed by atoms with Gasteiger partial charge >= 0.3 is 0 Å². The van der Waals surface area contributed by atoms with Gasteiger partial charge in [0.05, 0.1) is 0 Å². The van der Waals surface area contributed by atoms with Crippen LogP contribution in [0.25, 0.3) is 0 Å². The second-order valence-electron chi connectivity index (χ2n) is 4.18. The average molecular weight is 240 g/mol. The Hall–Kier alpha value is -1.22. The molecule has 1 atom stereocenters. The molecule has 1 unspecified atom stereocenters. The molecule has 1 aliphatic rings. The highest BCUT2D eigenvalue weighted by Gasteiger charge is 2.22. The van der Waals surface area contributed by atoms with Crippen LogP contribution in [0.4, 0.5) is 0 Å². The summed E-state index contributed by atoms with van der Waals surface area (Å²) in [6, 6.07) is 10.5. The summed E-state index contributed by atoms with van der Waals surface area (Å²) in [5.41, 5.74) is 6.84. The quantitative estimate of drug-likeness (QED) is 0.612. The highest BCUT2D eigenvalue weighted by atomic mass is 35.5. The molecular weight excluding hydrogens is 222 g/mol. The molecule has 0 spiro atoms. The lowest BCUT2D eigenvalue weighted by atomic mass is 9.99. The number of hydrogen-bond donors (Lipinski definition) is 2. The minimum Gasteiger partial charge on any atom is -0.370 e. The Morgan fingerprint density at radius 3 is 2.62 bits per heavy atom. The Labute approximate surface area is 103 Å². The largest absolute Gasteiger partial charge is 0.370 e. The highest BCUT2D eigenvalue weighted by molar-refractivity contribution is 5.85. The van der Waals surface area contributed by atoms with Gasteiger partial charge in [-0.1, -0.05) is 30.3 Å². The summed E-state index contributed by atoms with van der Waals surface area (Å²) < 4.78 is 0. The van der Waals surface area contributed by atoms with Gasteiger partial charge in [-0.25, -0.2) is 0 Å². The van der Waals surface area contributed by atoms with Crippen LogP contribution < -0.4 is 5.73 Å². The van der Waals surface area contributed by atoms with Gasteiger partial charge in [0.25, 0.3) is 0 Å². The average Bonchev–Trinajstić information content (AvgIpc) is 2.68. The van der Waals surface area contributed by atoms with Crippen LogP contribution >= 0.6 is 12.4 Å². The molecule has 4 heteroatoms. The van der Waals surface area contributed by atoms with Crippen molar-refractivity contribution in [1.82, 2.24) is 4.90 Å². The van der Waals surface area contributed by atoms with E-state index < -0.39 is 0 Å². The minimum absolute atomic E-state index is 0. The maximum Gasteiger partial charge on any atom is 0.188 e. The fourth-order valence-corrected chi connectivity index (χ4v) is 2.17. The standard InChI is InChI=1S/C12H17N3.ClH/c13-12(14)15-7-6-11(9-15)8-10-4-2-1-3-5-10;/h1-5,11H,6-9H2,(H3,13,14);1H. The Bertz CT molecular complexity index is 339. The van der Waals surface area contributed by atoms with E-state index in [0.717, 1.165) is 25.9 Å². The van der Waals surface area contributed by atoms with Gasteiger partial charge in [0, 0.05) is 13.1 Å². The molecule has 1 aliphatic heterocycles. The van der Waals surface area contributed by atoms with E-state index in [0.29, 0.717) is 5.92 Å². The van der Waals surface area contributed by atoms with E-state index >= 15 is 0 Å². The number of benzene rings is 1. The molecule has 0 radical (unpaired) electrons. The summed E-state index contributed by atoms with van der Waals surface area (Å²) in [7, 11) is 0. The molecule has 1 saturated heterocycles. The summed E-state index contributed by atoms with van der Waals surface area (Å²) in [5, 5.41) is 7.37. The molecule has 3 nitrogen and oxygen atoms in total. The zero-order valence-electron chi connectivity index (χ0n) is 9.23. The molecule has 0 amide bonds. The van der Waals surface area contributed by atoms with Crippen molar-refractivity contribution in [3.8, 4) is 0 Å². The van der Waals surface area contributed by atoms with E-state index in [1.807, 2.05) is 11.0 Å². The first-order valence-electron chi connectivity index (χ1n) is 5.38. The number of likely N-dealkylation sites (tertiary alicyclic amines) is 1. The van der Waals surface area contributed by atoms with Gasteiger partial charge in [0.2, 0.25) is 0 Å². The summed E-state index contributed by atoms with van der Waals surface area (Å²) in [4.78, 5) is 1.95. The lowest BCUT2D eigenvalue weighted by Crippen LogP contribution is -2.34. The van der Waals surface area contributed by atoms with Crippen LogP contribution in [0, 0.1) is 11.3 Å². The van der Waals surface area contributed by atoms with Gasteiger partial charge in [-0.15, -0.1) is 12.4 Å². The number of guanidine groups is 1. The molecule has 0 aliphatic carbocycles. The number of hydrogen-bond acceptors (Lipinski definition) is 1. The molecule has 2 rings (SSSR count). The van der Waals surface area contributed by atoms with Crippen LogP contribution in [-0.4, -0.2) is 23.9 Å². The van der Waals surface area contributed by atoms with Crippen LogP contribution in [0.15, 0.2) is 30.3 Å². The summed E-state index contributed by atoms with van der Waals surface area (Å²) in [5.74, 6) is 0.863. The first-order chi connectivity index (χ1) is 7.25. The van der Waals surface area contributed by atoms with Crippen molar-refractivity contribution in [3.63, 3.8) is 0 Å². The first-order valence-corrected chi connectivity index (χ1v) is 5.38. The van der Waals surface area contributed by atoms with Crippen molar-refractivity contribution in [3.05, 3.63) is 35.9 Å². The molecule has 1 heterocycles. The van der Waals surface area contributed by atoms with Crippen molar-refractivity contribution in [2.75, 3.05) is 13.1 Å². The van der Waals surface area contributed by atoms with Gasteiger partial charge in [0.15, 0.2) is 5.96 Å². The van der Waals surface area contributed by atoms with E-state index in [9.17, 15) is 0 Å². The monoisotopic (exact) mass is 239 g/mol. The second kappa shape index (κ2) is 5.75. The number of nitrogens with two attached hydrogens (primary N) is 1. The molecular formula is C12H18ClN3. The van der Waals surface area contributed by atoms with Crippen LogP contribution in [-0.2, 0) is 6.42 Å². The van der Waals surface area contributed by atoms with Gasteiger partial charge in [-0.2, -0.15) is 0 Å². The van der Waals surface area contributed by atoms with Gasteiger partial charge < -0.3 is 10.6 Å². The zero-order valence-corrected chi connectivity index (χ0v) is 10.0. The lowest BCUT2D eigenvalue weighted by Gasteiger charge is -2.15. The Balaban J connectivity index is 0.00000128. The fraction of sp³-hybridized carbons (Fsp3) is 0.417. The molecule has 88 valence electrons. The highest BCUT2D eigenvalue weighted by Crippen LogP contribution is 2.20. The van der Waals surface area contributed by atoms with Gasteiger partial charge in [-0.05, 0) is 24.3 Å². The lowest BCUT2D eigenvalue weighted by molar-refractivity contribution is 0.471. The van der Waals surface area contributed by atoms with Crippen molar-refractivity contribution >= 4 is 18.4 Å². The number of nitrogens with zero attached hydrogens (tertiary/aromatic N) is 1. The number of rotatable bonds is 2. The topological polar surface area (TPSA) is 53.1 Å². The zero-order chi connectivity index (χ0) is 10.7. The van der Waals surface area contributed by atoms with Crippen molar-refractivity contribution < 1.29 is 0 Å². The van der Waals surface area contributed by atoms with Crippen LogP contribution in [0.1, 0.15) is 12.0 Å². The molecule has 16 heavy (non-hydrogen) atoms. The van der Waals surface area contributed by atoms with Crippen LogP contribution in [0.2, 0.25) is 0 Å². The maximum absolute atomic E-state index is 7.37. The second-order valence-corrected chi connectivity index (χ2v) is 4.18. The third kappa shape index (κ3) is 3.14. The van der Waals surface area contributed by atoms with Crippen molar-refractivity contribution in [1.29, 1.82) is 5.41 Å². The fourth-order valence-electron chi connectivity index (χ4n) is 2.17. The molecule has 0 saturated carbocycles. The van der Waals surface area contributed by atoms with Gasteiger partial charge in [-0.3, -0.25) is 5.41 Å². The summed E-state index contributed by atoms with van der Waals surface area (Å²) in [6.45, 7) is 1.87. The predicted octanol–water partition coefficient (Wildman–Crippen LogP) is 1.87. The van der Waals surface area contributed by atoms with E-state index in [2.05, 4.69) is 24.3 Å². The van der Waals surface area contributed by atoms with Crippen LogP contribution in [0.5, 0.6) is 0 Å². The molecule has 1 aromatic carbocycles. The maximum atomic E-state index is 7.37. The predicted molar refractivity (Wildman–Crippen MR) is 69.0 cm³/mol. The Morgan fingerprint density at radius 2 is 2.06 bits per heavy atom. The molecule has 3 N–H and O–H groups in total. The summed E-state index contributed by atoms with van der Waals surface area (Å²) >= 11 is 0. The molecule has 0 aromatic heterocycles. The summed E-state index contributed by atoms with van der Waals surface area (Å²) in [6.07, 6.45) is 2.25. The normalized spacial score (nSPS) is 19.2. The first kappa shape index (κ1) is 12.8. The van der Waals surface area contributed by atoms with E-state index in [1.165, 1.54) is 5.56 Å². The third-order valence-electron chi connectivity index (χ3n) is 2.99. The van der Waals surface area contributed by atoms with E-state index in [1.54, 1.807) is 0 Å².